The molecule has 6 heteroatoms. The van der Waals surface area contributed by atoms with Crippen LogP contribution in [0.2, 0.25) is 0 Å². The first-order valence-corrected chi connectivity index (χ1v) is 8.07. The fraction of sp³-hybridized carbons (Fsp3) is 0.375. The van der Waals surface area contributed by atoms with E-state index in [1.807, 2.05) is 37.2 Å². The summed E-state index contributed by atoms with van der Waals surface area (Å²) >= 11 is 1.65. The van der Waals surface area contributed by atoms with Gasteiger partial charge in [-0.05, 0) is 29.6 Å². The molecule has 5 nitrogen and oxygen atoms in total. The Morgan fingerprint density at radius 2 is 1.77 bits per heavy atom. The van der Waals surface area contributed by atoms with Gasteiger partial charge in [-0.1, -0.05) is 0 Å². The molecule has 0 spiro atoms. The number of hydrogen-bond acceptors (Lipinski definition) is 6. The fourth-order valence-corrected chi connectivity index (χ4v) is 3.41. The van der Waals surface area contributed by atoms with Crippen molar-refractivity contribution in [3.8, 4) is 10.4 Å². The zero-order chi connectivity index (χ0) is 16.1. The maximum absolute atomic E-state index is 9.20. The summed E-state index contributed by atoms with van der Waals surface area (Å²) < 4.78 is 0. The molecule has 1 aromatic heterocycles. The van der Waals surface area contributed by atoms with Crippen molar-refractivity contribution in [1.82, 2.24) is 0 Å². The molecule has 0 fully saturated rings. The van der Waals surface area contributed by atoms with E-state index in [0.29, 0.717) is 13.1 Å². The number of aliphatic hydroxyl groups is 2. The van der Waals surface area contributed by atoms with E-state index < -0.39 is 0 Å². The largest absolute Gasteiger partial charge is 0.398 e. The molecule has 0 aliphatic heterocycles. The van der Waals surface area contributed by atoms with E-state index in [1.165, 1.54) is 0 Å². The van der Waals surface area contributed by atoms with Crippen LogP contribution in [0.4, 0.5) is 17.1 Å². The van der Waals surface area contributed by atoms with E-state index in [0.717, 1.165) is 27.5 Å². The normalized spacial score (nSPS) is 10.7. The van der Waals surface area contributed by atoms with Crippen molar-refractivity contribution in [3.63, 3.8) is 0 Å². The van der Waals surface area contributed by atoms with E-state index in [2.05, 4.69) is 16.3 Å². The number of benzene rings is 1. The first kappa shape index (κ1) is 16.6. The van der Waals surface area contributed by atoms with E-state index in [4.69, 9.17) is 5.73 Å². The van der Waals surface area contributed by atoms with Crippen LogP contribution in [0, 0.1) is 0 Å². The van der Waals surface area contributed by atoms with Crippen LogP contribution in [-0.4, -0.2) is 50.6 Å². The summed E-state index contributed by atoms with van der Waals surface area (Å²) in [5.74, 6) is 0. The van der Waals surface area contributed by atoms with Crippen LogP contribution in [0.25, 0.3) is 10.4 Å². The molecule has 120 valence electrons. The lowest BCUT2D eigenvalue weighted by Gasteiger charge is -2.24. The van der Waals surface area contributed by atoms with Gasteiger partial charge in [0.25, 0.3) is 0 Å². The van der Waals surface area contributed by atoms with Crippen molar-refractivity contribution in [1.29, 1.82) is 0 Å². The highest BCUT2D eigenvalue weighted by atomic mass is 32.1. The van der Waals surface area contributed by atoms with Crippen molar-refractivity contribution in [2.24, 2.45) is 0 Å². The predicted molar refractivity (Wildman–Crippen MR) is 94.9 cm³/mol. The minimum absolute atomic E-state index is 0.0433. The molecule has 0 aliphatic carbocycles. The molecule has 0 bridgehead atoms. The molecule has 0 atom stereocenters. The van der Waals surface area contributed by atoms with Gasteiger partial charge in [-0.15, -0.1) is 11.3 Å². The first-order chi connectivity index (χ1) is 10.6. The van der Waals surface area contributed by atoms with Crippen LogP contribution in [0.1, 0.15) is 0 Å². The summed E-state index contributed by atoms with van der Waals surface area (Å²) in [4.78, 5) is 5.14. The van der Waals surface area contributed by atoms with Crippen molar-refractivity contribution >= 4 is 28.4 Å². The first-order valence-electron chi connectivity index (χ1n) is 7.20. The van der Waals surface area contributed by atoms with Gasteiger partial charge in [0.1, 0.15) is 0 Å². The highest BCUT2D eigenvalue weighted by molar-refractivity contribution is 7.14. The Morgan fingerprint density at radius 3 is 2.36 bits per heavy atom. The molecule has 1 aromatic carbocycles. The van der Waals surface area contributed by atoms with Crippen molar-refractivity contribution < 1.29 is 10.2 Å². The van der Waals surface area contributed by atoms with Gasteiger partial charge in [-0.3, -0.25) is 0 Å². The van der Waals surface area contributed by atoms with E-state index in [9.17, 15) is 10.2 Å². The van der Waals surface area contributed by atoms with E-state index in [1.54, 1.807) is 11.3 Å². The van der Waals surface area contributed by atoms with Gasteiger partial charge < -0.3 is 25.7 Å². The molecule has 2 rings (SSSR count). The lowest BCUT2D eigenvalue weighted by Crippen LogP contribution is -2.29. The molecule has 4 N–H and O–H groups in total. The van der Waals surface area contributed by atoms with E-state index >= 15 is 0 Å². The van der Waals surface area contributed by atoms with Crippen LogP contribution in [0.5, 0.6) is 0 Å². The summed E-state index contributed by atoms with van der Waals surface area (Å²) in [6.07, 6.45) is 0. The minimum Gasteiger partial charge on any atom is -0.398 e. The third-order valence-corrected chi connectivity index (χ3v) is 4.45. The average Bonchev–Trinajstić information content (AvgIpc) is 2.97. The number of nitrogens with zero attached hydrogens (tertiary/aromatic N) is 2. The maximum Gasteiger partial charge on any atom is 0.0606 e. The fourth-order valence-electron chi connectivity index (χ4n) is 2.41. The van der Waals surface area contributed by atoms with Crippen LogP contribution >= 0.6 is 11.3 Å². The zero-order valence-electron chi connectivity index (χ0n) is 13.0. The van der Waals surface area contributed by atoms with Gasteiger partial charge >= 0.3 is 0 Å². The third kappa shape index (κ3) is 3.52. The third-order valence-electron chi connectivity index (χ3n) is 3.51. The second-order valence-electron chi connectivity index (χ2n) is 5.24. The number of anilines is 3. The predicted octanol–water partition coefficient (Wildman–Crippen LogP) is 1.85. The number of thiophene rings is 1. The molecule has 0 aliphatic rings. The summed E-state index contributed by atoms with van der Waals surface area (Å²) in [6, 6.07) is 7.91. The Labute approximate surface area is 135 Å². The molecule has 22 heavy (non-hydrogen) atoms. The molecule has 0 saturated heterocycles. The maximum atomic E-state index is 9.20. The molecule has 2 aromatic rings. The van der Waals surface area contributed by atoms with Crippen molar-refractivity contribution in [3.05, 3.63) is 29.6 Å². The summed E-state index contributed by atoms with van der Waals surface area (Å²) in [6.45, 7) is 1.05. The van der Waals surface area contributed by atoms with Gasteiger partial charge in [0.15, 0.2) is 0 Å². The van der Waals surface area contributed by atoms with Gasteiger partial charge in [0, 0.05) is 44.1 Å². The highest BCUT2D eigenvalue weighted by Gasteiger charge is 2.14. The standard InChI is InChI=1S/C16H23N3O2S/c1-18(2)15-5-10-22-16(15)13-11-12(3-4-14(13)17)19(6-8-20)7-9-21/h3-5,10-11,20-21H,6-9,17H2,1-2H3. The lowest BCUT2D eigenvalue weighted by atomic mass is 10.1. The smallest absolute Gasteiger partial charge is 0.0606 e. The van der Waals surface area contributed by atoms with Crippen LogP contribution < -0.4 is 15.5 Å². The van der Waals surface area contributed by atoms with Gasteiger partial charge in [0.2, 0.25) is 0 Å². The summed E-state index contributed by atoms with van der Waals surface area (Å²) in [7, 11) is 4.02. The molecule has 0 amide bonds. The molecule has 0 saturated carbocycles. The highest BCUT2D eigenvalue weighted by Crippen LogP contribution is 2.40. The molecule has 0 radical (unpaired) electrons. The number of nitrogen functional groups attached to an aromatic ring is 1. The van der Waals surface area contributed by atoms with Crippen molar-refractivity contribution in [2.45, 2.75) is 0 Å². The summed E-state index contributed by atoms with van der Waals surface area (Å²) in [5.41, 5.74) is 9.96. The Kier molecular flexibility index (Phi) is 5.65. The minimum atomic E-state index is 0.0433. The monoisotopic (exact) mass is 321 g/mol. The van der Waals surface area contributed by atoms with Crippen LogP contribution in [0.3, 0.4) is 0 Å². The molecular formula is C16H23N3O2S. The SMILES string of the molecule is CN(C)c1ccsc1-c1cc(N(CCO)CCO)ccc1N. The van der Waals surface area contributed by atoms with Gasteiger partial charge in [0.05, 0.1) is 23.8 Å². The van der Waals surface area contributed by atoms with Crippen LogP contribution in [-0.2, 0) is 0 Å². The Balaban J connectivity index is 2.44. The van der Waals surface area contributed by atoms with Gasteiger partial charge in [-0.2, -0.15) is 0 Å². The quantitative estimate of drug-likeness (QED) is 0.679. The zero-order valence-corrected chi connectivity index (χ0v) is 13.8. The molecular weight excluding hydrogens is 298 g/mol. The Bertz CT molecular complexity index is 607. The number of rotatable bonds is 7. The molecule has 0 unspecified atom stereocenters. The van der Waals surface area contributed by atoms with E-state index in [-0.39, 0.29) is 13.2 Å². The topological polar surface area (TPSA) is 73.0 Å². The Morgan fingerprint density at radius 1 is 1.09 bits per heavy atom. The Hall–Kier alpha value is -1.76. The lowest BCUT2D eigenvalue weighted by molar-refractivity contribution is 0.281. The second kappa shape index (κ2) is 7.49. The average molecular weight is 321 g/mol. The number of nitrogens with two attached hydrogens (primary N) is 1. The molecule has 1 heterocycles. The summed E-state index contributed by atoms with van der Waals surface area (Å²) in [5, 5.41) is 20.4. The van der Waals surface area contributed by atoms with Gasteiger partial charge in [-0.25, -0.2) is 0 Å². The number of hydrogen-bond donors (Lipinski definition) is 3. The second-order valence-corrected chi connectivity index (χ2v) is 6.15. The van der Waals surface area contributed by atoms with Crippen LogP contribution in [0.15, 0.2) is 29.6 Å². The number of aliphatic hydroxyl groups excluding tert-OH is 2. The van der Waals surface area contributed by atoms with Crippen molar-refractivity contribution in [2.75, 3.05) is 55.9 Å².